The largest absolute Gasteiger partial charge is 0.486 e. The van der Waals surface area contributed by atoms with Crippen LogP contribution in [0.2, 0.25) is 0 Å². The Labute approximate surface area is 131 Å². The topological polar surface area (TPSA) is 50.7 Å². The molecule has 0 fully saturated rings. The first-order valence-corrected chi connectivity index (χ1v) is 8.56. The highest BCUT2D eigenvalue weighted by Crippen LogP contribution is 2.36. The molecule has 0 bridgehead atoms. The molecule has 0 atom stereocenters. The number of rotatable bonds is 7. The van der Waals surface area contributed by atoms with Crippen LogP contribution >= 0.6 is 11.8 Å². The van der Waals surface area contributed by atoms with Crippen molar-refractivity contribution in [2.24, 2.45) is 5.41 Å². The highest BCUT2D eigenvalue weighted by Gasteiger charge is 2.18. The van der Waals surface area contributed by atoms with Crippen molar-refractivity contribution in [3.63, 3.8) is 0 Å². The van der Waals surface area contributed by atoms with Crippen LogP contribution < -0.4 is 14.8 Å². The van der Waals surface area contributed by atoms with Crippen LogP contribution in [0.25, 0.3) is 0 Å². The van der Waals surface area contributed by atoms with E-state index in [2.05, 4.69) is 37.6 Å². The third-order valence-corrected chi connectivity index (χ3v) is 4.47. The van der Waals surface area contributed by atoms with Gasteiger partial charge in [-0.05, 0) is 35.8 Å². The Bertz CT molecular complexity index is 477. The van der Waals surface area contributed by atoms with Crippen molar-refractivity contribution in [3.05, 3.63) is 17.7 Å². The third-order valence-electron chi connectivity index (χ3n) is 3.65. The molecule has 0 aliphatic carbocycles. The molecule has 1 aromatic rings. The third kappa shape index (κ3) is 4.53. The highest BCUT2D eigenvalue weighted by atomic mass is 32.2. The Hall–Kier alpha value is -0.910. The van der Waals surface area contributed by atoms with E-state index in [0.717, 1.165) is 31.0 Å². The number of fused-ring (bicyclic) bond motifs is 1. The zero-order chi connectivity index (χ0) is 15.3. The molecule has 0 amide bonds. The molecule has 2 rings (SSSR count). The van der Waals surface area contributed by atoms with Gasteiger partial charge in [0.05, 0.1) is 0 Å². The lowest BCUT2D eigenvalue weighted by molar-refractivity contribution is 0.170. The fourth-order valence-electron chi connectivity index (χ4n) is 2.37. The van der Waals surface area contributed by atoms with Crippen molar-refractivity contribution in [2.45, 2.75) is 31.7 Å². The molecule has 2 N–H and O–H groups in total. The highest BCUT2D eigenvalue weighted by molar-refractivity contribution is 7.98. The summed E-state index contributed by atoms with van der Waals surface area (Å²) in [6.07, 6.45) is 2.88. The lowest BCUT2D eigenvalue weighted by atomic mass is 9.90. The van der Waals surface area contributed by atoms with Gasteiger partial charge >= 0.3 is 0 Å². The maximum Gasteiger partial charge on any atom is 0.162 e. The average Bonchev–Trinajstić information content (AvgIpc) is 2.46. The van der Waals surface area contributed by atoms with Gasteiger partial charge in [-0.25, -0.2) is 0 Å². The summed E-state index contributed by atoms with van der Waals surface area (Å²) in [5, 5.41) is 12.6. The molecule has 1 aliphatic rings. The number of aliphatic hydroxyl groups excluding tert-OH is 1. The molecule has 0 spiro atoms. The first kappa shape index (κ1) is 16.5. The standard InChI is InChI=1S/C16H25NO3S/c1-16(2,4-5-18)11-17-10-12-8-13-14(9-15(12)21-3)20-7-6-19-13/h8-9,17-18H,4-7,10-11H2,1-3H3. The van der Waals surface area contributed by atoms with Crippen LogP contribution in [-0.2, 0) is 6.54 Å². The average molecular weight is 311 g/mol. The molecule has 5 heteroatoms. The molecule has 0 aromatic heterocycles. The molecule has 1 heterocycles. The van der Waals surface area contributed by atoms with Crippen LogP contribution in [0.15, 0.2) is 17.0 Å². The Balaban J connectivity index is 2.02. The van der Waals surface area contributed by atoms with Crippen LogP contribution in [0.5, 0.6) is 11.5 Å². The zero-order valence-electron chi connectivity index (χ0n) is 13.1. The molecule has 4 nitrogen and oxygen atoms in total. The first-order valence-electron chi connectivity index (χ1n) is 7.34. The number of benzene rings is 1. The summed E-state index contributed by atoms with van der Waals surface area (Å²) in [4.78, 5) is 1.21. The van der Waals surface area contributed by atoms with E-state index in [9.17, 15) is 0 Å². The summed E-state index contributed by atoms with van der Waals surface area (Å²) in [5.74, 6) is 1.68. The maximum absolute atomic E-state index is 9.07. The summed E-state index contributed by atoms with van der Waals surface area (Å²) in [5.41, 5.74) is 1.33. The van der Waals surface area contributed by atoms with E-state index < -0.39 is 0 Å². The van der Waals surface area contributed by atoms with Gasteiger partial charge in [-0.2, -0.15) is 0 Å². The van der Waals surface area contributed by atoms with Crippen molar-refractivity contribution in [3.8, 4) is 11.5 Å². The normalized spacial score (nSPS) is 14.3. The quantitative estimate of drug-likeness (QED) is 0.758. The van der Waals surface area contributed by atoms with Crippen molar-refractivity contribution in [2.75, 3.05) is 32.6 Å². The van der Waals surface area contributed by atoms with E-state index in [4.69, 9.17) is 14.6 Å². The second-order valence-corrected chi connectivity index (χ2v) is 6.90. The van der Waals surface area contributed by atoms with Crippen LogP contribution in [0.4, 0.5) is 0 Å². The van der Waals surface area contributed by atoms with E-state index in [1.807, 2.05) is 0 Å². The van der Waals surface area contributed by atoms with Gasteiger partial charge in [-0.3, -0.25) is 0 Å². The van der Waals surface area contributed by atoms with E-state index in [-0.39, 0.29) is 12.0 Å². The Morgan fingerprint density at radius 1 is 1.24 bits per heavy atom. The van der Waals surface area contributed by atoms with Gasteiger partial charge in [-0.15, -0.1) is 11.8 Å². The SMILES string of the molecule is CSc1cc2c(cc1CNCC(C)(C)CCO)OCCO2. The molecule has 0 saturated heterocycles. The van der Waals surface area contributed by atoms with Crippen molar-refractivity contribution in [1.82, 2.24) is 5.32 Å². The van der Waals surface area contributed by atoms with Crippen molar-refractivity contribution >= 4 is 11.8 Å². The minimum absolute atomic E-state index is 0.0993. The second-order valence-electron chi connectivity index (χ2n) is 6.05. The summed E-state index contributed by atoms with van der Waals surface area (Å²) < 4.78 is 11.3. The molecule has 1 aromatic carbocycles. The van der Waals surface area contributed by atoms with Crippen LogP contribution in [0, 0.1) is 5.41 Å². The fourth-order valence-corrected chi connectivity index (χ4v) is 2.99. The van der Waals surface area contributed by atoms with Gasteiger partial charge in [0.15, 0.2) is 11.5 Å². The molecular formula is C16H25NO3S. The summed E-state index contributed by atoms with van der Waals surface area (Å²) in [6, 6.07) is 4.14. The first-order chi connectivity index (χ1) is 10.1. The Morgan fingerprint density at radius 3 is 2.52 bits per heavy atom. The summed E-state index contributed by atoms with van der Waals surface area (Å²) in [6.45, 7) is 7.45. The Kier molecular flexibility index (Phi) is 5.79. The molecule has 0 unspecified atom stereocenters. The van der Waals surface area contributed by atoms with Crippen molar-refractivity contribution < 1.29 is 14.6 Å². The molecule has 21 heavy (non-hydrogen) atoms. The predicted octanol–water partition coefficient (Wildman–Crippen LogP) is 2.68. The molecule has 0 radical (unpaired) electrons. The maximum atomic E-state index is 9.07. The zero-order valence-corrected chi connectivity index (χ0v) is 13.9. The lowest BCUT2D eigenvalue weighted by Crippen LogP contribution is -2.30. The monoisotopic (exact) mass is 311 g/mol. The lowest BCUT2D eigenvalue weighted by Gasteiger charge is -2.25. The number of hydrogen-bond donors (Lipinski definition) is 2. The van der Waals surface area contributed by atoms with Crippen LogP contribution in [0.1, 0.15) is 25.8 Å². The van der Waals surface area contributed by atoms with Crippen LogP contribution in [-0.4, -0.2) is 37.7 Å². The minimum atomic E-state index is 0.0993. The predicted molar refractivity (Wildman–Crippen MR) is 86.4 cm³/mol. The van der Waals surface area contributed by atoms with E-state index in [0.29, 0.717) is 13.2 Å². The molecular weight excluding hydrogens is 286 g/mol. The molecule has 1 aliphatic heterocycles. The Morgan fingerprint density at radius 2 is 1.90 bits per heavy atom. The van der Waals surface area contributed by atoms with Gasteiger partial charge in [0.2, 0.25) is 0 Å². The number of ether oxygens (including phenoxy) is 2. The van der Waals surface area contributed by atoms with Gasteiger partial charge in [0.1, 0.15) is 13.2 Å². The van der Waals surface area contributed by atoms with E-state index in [1.165, 1.54) is 10.5 Å². The fraction of sp³-hybridized carbons (Fsp3) is 0.625. The minimum Gasteiger partial charge on any atom is -0.486 e. The van der Waals surface area contributed by atoms with E-state index in [1.54, 1.807) is 11.8 Å². The number of nitrogens with one attached hydrogen (secondary N) is 1. The van der Waals surface area contributed by atoms with Crippen LogP contribution in [0.3, 0.4) is 0 Å². The summed E-state index contributed by atoms with van der Waals surface area (Å²) in [7, 11) is 0. The number of thioether (sulfide) groups is 1. The summed E-state index contributed by atoms with van der Waals surface area (Å²) >= 11 is 1.72. The molecule has 0 saturated carbocycles. The second kappa shape index (κ2) is 7.38. The van der Waals surface area contributed by atoms with E-state index >= 15 is 0 Å². The van der Waals surface area contributed by atoms with Gasteiger partial charge in [0, 0.05) is 24.6 Å². The van der Waals surface area contributed by atoms with Gasteiger partial charge in [-0.1, -0.05) is 13.8 Å². The smallest absolute Gasteiger partial charge is 0.162 e. The number of aliphatic hydroxyl groups is 1. The number of hydrogen-bond acceptors (Lipinski definition) is 5. The van der Waals surface area contributed by atoms with Gasteiger partial charge < -0.3 is 19.9 Å². The molecule has 118 valence electrons. The van der Waals surface area contributed by atoms with Gasteiger partial charge in [0.25, 0.3) is 0 Å². The van der Waals surface area contributed by atoms with Crippen molar-refractivity contribution in [1.29, 1.82) is 0 Å².